The first-order chi connectivity index (χ1) is 43.9. The van der Waals surface area contributed by atoms with E-state index in [1.165, 1.54) is 6.07 Å². The number of carboxylic acid groups (broad SMARTS) is 2. The topological polar surface area (TPSA) is 649 Å². The molecule has 0 aromatic heterocycles. The molecule has 16 N–H and O–H groups in total. The summed E-state index contributed by atoms with van der Waals surface area (Å²) in [6, 6.07) is 1.66. The van der Waals surface area contributed by atoms with Crippen LogP contribution in [-0.2, 0) is 106 Å². The second-order valence-electron chi connectivity index (χ2n) is 21.7. The van der Waals surface area contributed by atoms with E-state index in [1.54, 1.807) is 18.2 Å². The maximum absolute atomic E-state index is 13.1. The van der Waals surface area contributed by atoms with Gasteiger partial charge in [0.15, 0.2) is 37.4 Å². The van der Waals surface area contributed by atoms with Crippen molar-refractivity contribution in [2.75, 3.05) is 42.8 Å². The molecule has 3 amide bonds. The largest absolute Gasteiger partial charge is 1.00 e. The summed E-state index contributed by atoms with van der Waals surface area (Å²) < 4.78 is 166. The van der Waals surface area contributed by atoms with Crippen LogP contribution in [0.5, 0.6) is 0 Å². The van der Waals surface area contributed by atoms with Gasteiger partial charge in [-0.15, -0.1) is 0 Å². The maximum Gasteiger partial charge on any atom is 1.00 e. The van der Waals surface area contributed by atoms with E-state index in [1.807, 2.05) is 26.9 Å². The molecule has 1 aromatic rings. The molecule has 0 radical (unpaired) electrons. The van der Waals surface area contributed by atoms with Crippen LogP contribution in [0.25, 0.3) is 0 Å². The van der Waals surface area contributed by atoms with Crippen molar-refractivity contribution in [2.24, 2.45) is 0 Å². The predicted octanol–water partition coefficient (Wildman–Crippen LogP) is -17.6. The van der Waals surface area contributed by atoms with E-state index < -0.39 is 228 Å². The van der Waals surface area contributed by atoms with E-state index in [-0.39, 0.29) is 101 Å². The van der Waals surface area contributed by atoms with Crippen LogP contribution >= 0.6 is 21.6 Å². The summed E-state index contributed by atoms with van der Waals surface area (Å²) in [5.41, 5.74) is 0.730. The van der Waals surface area contributed by atoms with Gasteiger partial charge in [0.1, 0.15) is 104 Å². The van der Waals surface area contributed by atoms with Gasteiger partial charge < -0.3 is 134 Å². The smallest absolute Gasteiger partial charge is 0.726 e. The second kappa shape index (κ2) is 40.5. The van der Waals surface area contributed by atoms with Crippen LogP contribution in [0.4, 0.5) is 11.4 Å². The summed E-state index contributed by atoms with van der Waals surface area (Å²) >= 11 is 0. The zero-order chi connectivity index (χ0) is 69.9. The fourth-order valence-electron chi connectivity index (χ4n) is 10.3. The van der Waals surface area contributed by atoms with Gasteiger partial charge in [-0.25, -0.2) is 34.8 Å². The number of amides is 3. The number of unbranched alkanes of at least 4 members (excludes halogenated alkanes) is 1. The SMILES string of the molecule is CC(=O)N[C@H]1[C@H](O[C@H]2[C@H](O)[C@@H](O)[C@H](O[C@@H]3[C@@H](NC(C)=O)[C@H](OC[C@@H](O)[C@@H](O)[C@H](O)[C@@H](O)CNc4cccc(NC(=O)CCCCC5CCSS5)c4)O[C@H](CO)[C@@H]3OS(=O)(=O)[O-])O[C@@H]2C(=O)O)O[C@H](COS(=O)(=O)[O-])[C@H](OS(=O)(=O)[O-])[C@@H]1O[C@@H]1O[C@H](C(=O)O)[C@@H](O)[C@H](O)[C@H]1O.[Na+].[Na+].[Na+]. The van der Waals surface area contributed by atoms with Crippen molar-refractivity contribution < 1.29 is 263 Å². The molecule has 5 fully saturated rings. The number of ether oxygens (including phenoxy) is 8. The van der Waals surface area contributed by atoms with Crippen molar-refractivity contribution in [2.45, 2.75) is 198 Å². The number of aliphatic carboxylic acids is 2. The minimum atomic E-state index is -6.14. The van der Waals surface area contributed by atoms with Crippen LogP contribution in [0, 0.1) is 0 Å². The van der Waals surface area contributed by atoms with Gasteiger partial charge in [-0.3, -0.25) is 26.9 Å². The normalized spacial score (nSPS) is 33.6. The van der Waals surface area contributed by atoms with Gasteiger partial charge in [0.2, 0.25) is 48.9 Å². The van der Waals surface area contributed by atoms with Crippen LogP contribution in [0.2, 0.25) is 0 Å². The molecule has 49 heteroatoms. The van der Waals surface area contributed by atoms with E-state index in [4.69, 9.17) is 37.9 Å². The van der Waals surface area contributed by atoms with E-state index in [9.17, 15) is 124 Å². The number of hydrogen-bond acceptors (Lipinski definition) is 38. The molecule has 41 nitrogen and oxygen atoms in total. The summed E-state index contributed by atoms with van der Waals surface area (Å²) in [7, 11) is -14.3. The molecule has 5 aliphatic rings. The summed E-state index contributed by atoms with van der Waals surface area (Å²) in [6.07, 6.45) is -51.2. The summed E-state index contributed by atoms with van der Waals surface area (Å²) in [5.74, 6) is -5.78. The van der Waals surface area contributed by atoms with Gasteiger partial charge in [0.05, 0.1) is 25.9 Å². The van der Waals surface area contributed by atoms with Crippen LogP contribution in [0.1, 0.15) is 46.0 Å². The molecule has 538 valence electrons. The fourth-order valence-corrected chi connectivity index (χ4v) is 14.6. The van der Waals surface area contributed by atoms with Gasteiger partial charge in [-0.2, -0.15) is 0 Å². The van der Waals surface area contributed by atoms with Crippen LogP contribution in [0.15, 0.2) is 24.3 Å². The number of nitrogens with one attached hydrogen (secondary N) is 4. The van der Waals surface area contributed by atoms with E-state index >= 15 is 0 Å². The van der Waals surface area contributed by atoms with Crippen molar-refractivity contribution in [1.82, 2.24) is 10.6 Å². The van der Waals surface area contributed by atoms with Gasteiger partial charge in [-0.05, 0) is 37.5 Å². The minimum Gasteiger partial charge on any atom is -0.726 e. The number of aliphatic hydroxyl groups is 10. The molecular formula is C48H71N4Na3O37S5. The van der Waals surface area contributed by atoms with Crippen molar-refractivity contribution in [3.05, 3.63) is 24.3 Å². The average molecular weight is 1530 g/mol. The molecule has 1 unspecified atom stereocenters. The average Bonchev–Trinajstić information content (AvgIpc) is 0.943. The van der Waals surface area contributed by atoms with Gasteiger partial charge >= 0.3 is 101 Å². The van der Waals surface area contributed by atoms with Gasteiger partial charge in [0, 0.05) is 49.2 Å². The third-order valence-corrected chi connectivity index (χ3v) is 19.0. The number of carbonyl (C=O) groups excluding carboxylic acids is 3. The molecule has 0 bridgehead atoms. The monoisotopic (exact) mass is 1520 g/mol. The zero-order valence-electron chi connectivity index (χ0n) is 51.9. The number of aliphatic hydroxyl groups excluding tert-OH is 10. The van der Waals surface area contributed by atoms with E-state index in [0.717, 1.165) is 31.9 Å². The maximum atomic E-state index is 13.1. The molecule has 0 aliphatic carbocycles. The summed E-state index contributed by atoms with van der Waals surface area (Å²) in [5, 5.41) is 140. The first-order valence-electron chi connectivity index (χ1n) is 28.1. The fraction of sp³-hybridized carbons (Fsp3) is 0.771. The molecule has 5 saturated heterocycles. The van der Waals surface area contributed by atoms with Crippen molar-refractivity contribution in [3.63, 3.8) is 0 Å². The quantitative estimate of drug-likeness (QED) is 0.0102. The standard InChI is InChI=1S/C48H74N4O37S5.3Na/c1-17(54)50-27-38(36(88-93(73,74)75)24(14-53)81-45(27)79-15-23(57)30(60)29(59)22(56)13-49-19-6-5-7-20(12-19)52-26(58)9-4-3-8-21-10-11-90-91-21)83-48-35(65)33(63)40(42(87-48)44(68)69)85-46-28(51-18(2)55)39(84-47-34(64)31(61)32(62)41(86-47)43(66)67)37(89-94(76,77)78)25(82-46)16-80-92(70,71)72;;;/h5-7,12,21-25,27-42,45-49,53,56-57,59-65H,3-4,8-11,13-16H2,1-2H3,(H,50,54)(H,51,55)(H,52,58)(H,66,67)(H,68,69)(H,70,71,72)(H,73,74,75)(H,76,77,78);;;/q;3*+1/p-3/t21?,22-,23+,24+,25+,27+,28+,29+,30+,31-,32-,33+,34+,35+,36-,37-,38+,39+,40-,41-,42-,45+,46-,47+,48+;;;/m0.../s1. The van der Waals surface area contributed by atoms with Crippen molar-refractivity contribution in [3.8, 4) is 0 Å². The van der Waals surface area contributed by atoms with Gasteiger partial charge in [-0.1, -0.05) is 34.1 Å². The molecule has 5 heterocycles. The molecule has 6 rings (SSSR count). The molecule has 0 saturated carbocycles. The Hall–Kier alpha value is -1.04. The Balaban J connectivity index is 0.00000817. The third kappa shape index (κ3) is 26.8. The Morgan fingerprint density at radius 3 is 1.67 bits per heavy atom. The van der Waals surface area contributed by atoms with Crippen molar-refractivity contribution in [1.29, 1.82) is 0 Å². The molecule has 5 aliphatic heterocycles. The Kier molecular flexibility index (Phi) is 37.6. The number of carboxylic acids is 2. The summed E-state index contributed by atoms with van der Waals surface area (Å²) in [4.78, 5) is 63.4. The Bertz CT molecular complexity index is 3070. The first-order valence-corrected chi connectivity index (χ1v) is 34.5. The Morgan fingerprint density at radius 1 is 0.629 bits per heavy atom. The van der Waals surface area contributed by atoms with E-state index in [2.05, 4.69) is 28.5 Å². The second-order valence-corrected chi connectivity index (χ2v) is 27.5. The molecule has 25 atom stereocenters. The summed E-state index contributed by atoms with van der Waals surface area (Å²) in [6.45, 7) is -3.27. The molecule has 1 aromatic carbocycles. The first kappa shape index (κ1) is 90.2. The molecular weight excluding hydrogens is 1450 g/mol. The Morgan fingerprint density at radius 2 is 1.14 bits per heavy atom. The number of anilines is 2. The number of hydrogen-bond donors (Lipinski definition) is 16. The van der Waals surface area contributed by atoms with Gasteiger partial charge in [0.25, 0.3) is 0 Å². The number of benzene rings is 1. The molecule has 97 heavy (non-hydrogen) atoms. The zero-order valence-corrected chi connectivity index (χ0v) is 62.0. The predicted molar refractivity (Wildman–Crippen MR) is 302 cm³/mol. The van der Waals surface area contributed by atoms with Crippen LogP contribution in [-0.4, -0.2) is 314 Å². The Labute approximate surface area is 627 Å². The van der Waals surface area contributed by atoms with Crippen molar-refractivity contribution >= 4 is 93.8 Å². The molecule has 0 spiro atoms. The number of carbonyl (C=O) groups is 5. The van der Waals surface area contributed by atoms with Crippen LogP contribution < -0.4 is 110 Å². The minimum absolute atomic E-state index is 0. The number of rotatable bonds is 33. The van der Waals surface area contributed by atoms with E-state index in [0.29, 0.717) is 30.0 Å². The third-order valence-electron chi connectivity index (χ3n) is 14.7. The van der Waals surface area contributed by atoms with Crippen LogP contribution in [0.3, 0.4) is 0 Å².